The van der Waals surface area contributed by atoms with Gasteiger partial charge in [-0.2, -0.15) is 0 Å². The molecule has 3 saturated heterocycles. The summed E-state index contributed by atoms with van der Waals surface area (Å²) in [5.41, 5.74) is -0.701. The van der Waals surface area contributed by atoms with E-state index in [0.29, 0.717) is 19.3 Å². The molecule has 0 radical (unpaired) electrons. The van der Waals surface area contributed by atoms with Crippen molar-refractivity contribution < 1.29 is 89.4 Å². The van der Waals surface area contributed by atoms with E-state index in [1.165, 1.54) is 5.57 Å². The zero-order valence-electron chi connectivity index (χ0n) is 38.6. The molecule has 0 bridgehead atoms. The van der Waals surface area contributed by atoms with E-state index in [9.17, 15) is 61.0 Å². The fourth-order valence-electron chi connectivity index (χ4n) is 14.9. The monoisotopic (exact) mass is 929 g/mol. The smallest absolute Gasteiger partial charge is 0.310 e. The Morgan fingerprint density at radius 1 is 0.677 bits per heavy atom. The summed E-state index contributed by atoms with van der Waals surface area (Å²) in [6.45, 7) is 11.6. The van der Waals surface area contributed by atoms with Gasteiger partial charge < -0.3 is 84.6 Å². The molecule has 0 aromatic rings. The molecule has 5 aliphatic carbocycles. The number of carboxylic acid groups (broad SMARTS) is 1. The van der Waals surface area contributed by atoms with Gasteiger partial charge in [-0.25, -0.2) is 0 Å². The average molecular weight is 929 g/mol. The largest absolute Gasteiger partial charge is 0.481 e. The molecule has 8 aliphatic rings. The number of aliphatic hydroxyl groups excluding tert-OH is 10. The van der Waals surface area contributed by atoms with E-state index in [4.69, 9.17) is 28.4 Å². The molecule has 23 unspecified atom stereocenters. The molecule has 18 nitrogen and oxygen atoms in total. The quantitative estimate of drug-likeness (QED) is 0.104. The minimum Gasteiger partial charge on any atom is -0.481 e. The molecule has 4 saturated carbocycles. The number of fused-ring (bicyclic) bond motifs is 7. The highest BCUT2D eigenvalue weighted by Crippen LogP contribution is 2.76. The third kappa shape index (κ3) is 7.80. The Hall–Kier alpha value is -1.43. The highest BCUT2D eigenvalue weighted by atomic mass is 16.8. The first-order valence-corrected chi connectivity index (χ1v) is 23.9. The Morgan fingerprint density at radius 3 is 1.95 bits per heavy atom. The molecule has 8 rings (SSSR count). The van der Waals surface area contributed by atoms with E-state index >= 15 is 0 Å². The second-order valence-electron chi connectivity index (χ2n) is 22.9. The topological polar surface area (TPSA) is 295 Å². The lowest BCUT2D eigenvalue weighted by Gasteiger charge is -2.71. The molecule has 65 heavy (non-hydrogen) atoms. The van der Waals surface area contributed by atoms with E-state index < -0.39 is 122 Å². The summed E-state index contributed by atoms with van der Waals surface area (Å²) in [6.07, 6.45) is -13.4. The van der Waals surface area contributed by atoms with Crippen LogP contribution in [-0.2, 0) is 33.2 Å². The van der Waals surface area contributed by atoms with E-state index in [-0.39, 0.29) is 52.6 Å². The molecule has 372 valence electrons. The van der Waals surface area contributed by atoms with Gasteiger partial charge in [0.15, 0.2) is 18.9 Å². The van der Waals surface area contributed by atoms with Gasteiger partial charge in [0.2, 0.25) is 0 Å². The van der Waals surface area contributed by atoms with Gasteiger partial charge in [0.1, 0.15) is 67.1 Å². The number of aliphatic hydroxyl groups is 10. The molecule has 3 heterocycles. The van der Waals surface area contributed by atoms with E-state index in [1.54, 1.807) is 0 Å². The van der Waals surface area contributed by atoms with Crippen molar-refractivity contribution >= 4 is 5.97 Å². The summed E-state index contributed by atoms with van der Waals surface area (Å²) in [5, 5.41) is 118. The first-order valence-electron chi connectivity index (χ1n) is 23.9. The van der Waals surface area contributed by atoms with Crippen molar-refractivity contribution in [2.75, 3.05) is 26.4 Å². The predicted molar refractivity (Wildman–Crippen MR) is 226 cm³/mol. The number of carboxylic acids is 1. The van der Waals surface area contributed by atoms with Crippen LogP contribution in [0.15, 0.2) is 11.6 Å². The molecule has 11 N–H and O–H groups in total. The van der Waals surface area contributed by atoms with E-state index in [2.05, 4.69) is 40.7 Å². The van der Waals surface area contributed by atoms with Crippen LogP contribution in [-0.4, -0.2) is 181 Å². The van der Waals surface area contributed by atoms with Crippen molar-refractivity contribution in [2.45, 2.75) is 198 Å². The summed E-state index contributed by atoms with van der Waals surface area (Å²) in [4.78, 5) is 13.1. The number of aliphatic carboxylic acids is 1. The lowest BCUT2D eigenvalue weighted by molar-refractivity contribution is -0.384. The minimum atomic E-state index is -1.92. The van der Waals surface area contributed by atoms with Crippen LogP contribution >= 0.6 is 0 Å². The highest BCUT2D eigenvalue weighted by Gasteiger charge is 2.70. The molecule has 0 aromatic carbocycles. The Labute approximate surface area is 380 Å². The van der Waals surface area contributed by atoms with Gasteiger partial charge in [-0.3, -0.25) is 4.79 Å². The summed E-state index contributed by atoms with van der Waals surface area (Å²) in [6, 6.07) is 0. The molecule has 3 aliphatic heterocycles. The lowest BCUT2D eigenvalue weighted by Crippen LogP contribution is -2.67. The maximum atomic E-state index is 13.1. The molecule has 0 spiro atoms. The van der Waals surface area contributed by atoms with Gasteiger partial charge in [0.25, 0.3) is 0 Å². The number of hydrogen-bond donors (Lipinski definition) is 11. The summed E-state index contributed by atoms with van der Waals surface area (Å²) >= 11 is 0. The van der Waals surface area contributed by atoms with Gasteiger partial charge in [-0.05, 0) is 104 Å². The Kier molecular flexibility index (Phi) is 13.7. The molecule has 7 fully saturated rings. The van der Waals surface area contributed by atoms with Crippen LogP contribution in [0.5, 0.6) is 0 Å². The van der Waals surface area contributed by atoms with Crippen molar-refractivity contribution in [1.29, 1.82) is 0 Å². The lowest BCUT2D eigenvalue weighted by atomic mass is 9.33. The maximum absolute atomic E-state index is 13.1. The molecular formula is C47H76O18. The zero-order chi connectivity index (χ0) is 47.4. The van der Waals surface area contributed by atoms with Crippen LogP contribution < -0.4 is 0 Å². The van der Waals surface area contributed by atoms with E-state index in [0.717, 1.165) is 44.9 Å². The second-order valence-corrected chi connectivity index (χ2v) is 22.9. The van der Waals surface area contributed by atoms with Gasteiger partial charge in [0, 0.05) is 5.41 Å². The van der Waals surface area contributed by atoms with Gasteiger partial charge in [-0.1, -0.05) is 53.2 Å². The number of rotatable bonds is 10. The average Bonchev–Trinajstić information content (AvgIpc) is 3.26. The fraction of sp³-hybridized carbons (Fsp3) is 0.936. The number of ether oxygens (including phenoxy) is 6. The molecule has 0 amide bonds. The Bertz CT molecular complexity index is 1760. The summed E-state index contributed by atoms with van der Waals surface area (Å²) in [5.74, 6) is -0.443. The summed E-state index contributed by atoms with van der Waals surface area (Å²) in [7, 11) is 0. The van der Waals surface area contributed by atoms with Gasteiger partial charge in [0.05, 0.1) is 37.9 Å². The Morgan fingerprint density at radius 2 is 1.31 bits per heavy atom. The Balaban J connectivity index is 0.999. The normalized spacial score (nSPS) is 54.3. The summed E-state index contributed by atoms with van der Waals surface area (Å²) < 4.78 is 35.8. The van der Waals surface area contributed by atoms with Crippen LogP contribution in [0.2, 0.25) is 0 Å². The van der Waals surface area contributed by atoms with Crippen molar-refractivity contribution in [3.63, 3.8) is 0 Å². The SMILES string of the molecule is CC1(C)CCC2(C(=O)O)CCC3(C)C(=CCC4C5(C)CCC(OC6OCC(O)C(O)C6OC6OC(CO)C(OC7OC(CO)C(O)C(O)C7O)C(O)C6O)C(C)(CO)C5CCC43C)C2C1. The van der Waals surface area contributed by atoms with Crippen LogP contribution in [0.4, 0.5) is 0 Å². The number of carbonyl (C=O) groups is 1. The fourth-order valence-corrected chi connectivity index (χ4v) is 14.9. The molecule has 18 heteroatoms. The maximum Gasteiger partial charge on any atom is 0.310 e. The van der Waals surface area contributed by atoms with Crippen molar-refractivity contribution in [2.24, 2.45) is 50.2 Å². The molecule has 23 atom stereocenters. The van der Waals surface area contributed by atoms with Crippen LogP contribution in [0.3, 0.4) is 0 Å². The van der Waals surface area contributed by atoms with E-state index in [1.807, 2.05) is 6.92 Å². The molecular weight excluding hydrogens is 852 g/mol. The second kappa shape index (κ2) is 17.8. The van der Waals surface area contributed by atoms with Crippen LogP contribution in [0, 0.1) is 50.2 Å². The third-order valence-corrected chi connectivity index (χ3v) is 19.1. The van der Waals surface area contributed by atoms with Crippen LogP contribution in [0.25, 0.3) is 0 Å². The van der Waals surface area contributed by atoms with Crippen molar-refractivity contribution in [1.82, 2.24) is 0 Å². The van der Waals surface area contributed by atoms with Crippen molar-refractivity contribution in [3.05, 3.63) is 11.6 Å². The highest BCUT2D eigenvalue weighted by molar-refractivity contribution is 5.76. The van der Waals surface area contributed by atoms with Gasteiger partial charge >= 0.3 is 5.97 Å². The first-order chi connectivity index (χ1) is 30.5. The number of hydrogen-bond acceptors (Lipinski definition) is 17. The van der Waals surface area contributed by atoms with Gasteiger partial charge in [-0.15, -0.1) is 0 Å². The standard InChI is InChI=1S/C47H76O18/c1-42(2)13-15-47(41(58)59)16-14-45(5)22(23(47)17-42)7-8-28-43(3)11-10-29(44(4,21-50)27(43)9-12-46(28,45)6)63-40-37(30(52)24(51)20-60-40)65-39-35(57)33(55)36(26(19-49)62-39)64-38-34(56)32(54)31(53)25(18-48)61-38/h7,23-40,48-57H,8-21H2,1-6H3,(H,58,59). The van der Waals surface area contributed by atoms with Crippen molar-refractivity contribution in [3.8, 4) is 0 Å². The third-order valence-electron chi connectivity index (χ3n) is 19.1. The minimum absolute atomic E-state index is 0.00579. The number of allylic oxidation sites excluding steroid dienone is 2. The zero-order valence-corrected chi connectivity index (χ0v) is 38.6. The predicted octanol–water partition coefficient (Wildman–Crippen LogP) is 0.318. The molecule has 0 aromatic heterocycles. The first kappa shape index (κ1) is 50.0. The van der Waals surface area contributed by atoms with Crippen LogP contribution in [0.1, 0.15) is 106 Å².